The van der Waals surface area contributed by atoms with Gasteiger partial charge in [0, 0.05) is 0 Å². The molecule has 86 valence electrons. The van der Waals surface area contributed by atoms with Crippen LogP contribution in [0.3, 0.4) is 0 Å². The topological polar surface area (TPSA) is 29.5 Å². The Bertz CT molecular complexity index is 343. The fourth-order valence-corrected chi connectivity index (χ4v) is 1.99. The third-order valence-electron chi connectivity index (χ3n) is 2.84. The number of ether oxygens (including phenoxy) is 1. The molecule has 1 aliphatic rings. The van der Waals surface area contributed by atoms with Crippen molar-refractivity contribution in [3.8, 4) is 5.75 Å². The van der Waals surface area contributed by atoms with Gasteiger partial charge >= 0.3 is 0 Å². The Kier molecular flexibility index (Phi) is 4.00. The molecule has 0 saturated carbocycles. The summed E-state index contributed by atoms with van der Waals surface area (Å²) < 4.78 is 5.60. The van der Waals surface area contributed by atoms with Crippen LogP contribution in [0.1, 0.15) is 25.7 Å². The summed E-state index contributed by atoms with van der Waals surface area (Å²) in [5.41, 5.74) is 1.38. The number of rotatable bonds is 5. The second-order valence-corrected chi connectivity index (χ2v) is 4.20. The van der Waals surface area contributed by atoms with Gasteiger partial charge in [-0.2, -0.15) is 0 Å². The summed E-state index contributed by atoms with van der Waals surface area (Å²) in [5, 5.41) is 9.33. The fraction of sp³-hybridized carbons (Fsp3) is 0.429. The molecule has 1 atom stereocenters. The molecule has 1 N–H and O–H groups in total. The van der Waals surface area contributed by atoms with Gasteiger partial charge in [0.25, 0.3) is 0 Å². The van der Waals surface area contributed by atoms with Gasteiger partial charge in [0.2, 0.25) is 0 Å². The Hall–Kier alpha value is -1.28. The van der Waals surface area contributed by atoms with Crippen LogP contribution in [-0.2, 0) is 0 Å². The van der Waals surface area contributed by atoms with Crippen LogP contribution in [0.4, 0.5) is 0 Å². The van der Waals surface area contributed by atoms with E-state index in [1.54, 1.807) is 0 Å². The van der Waals surface area contributed by atoms with E-state index in [1.165, 1.54) is 5.57 Å². The zero-order valence-corrected chi connectivity index (χ0v) is 9.43. The number of allylic oxidation sites excluding steroid dienone is 1. The lowest BCUT2D eigenvalue weighted by atomic mass is 10.1. The first-order valence-corrected chi connectivity index (χ1v) is 5.90. The number of aliphatic hydroxyl groups excluding tert-OH is 1. The highest BCUT2D eigenvalue weighted by atomic mass is 16.5. The molecular formula is C14H18O2. The average molecular weight is 218 g/mol. The highest BCUT2D eigenvalue weighted by molar-refractivity contribution is 5.20. The first-order valence-electron chi connectivity index (χ1n) is 5.90. The Morgan fingerprint density at radius 1 is 1.25 bits per heavy atom. The standard InChI is InChI=1S/C14H18O2/c15-13-9-8-12(11-13)5-4-10-16-14-6-2-1-3-7-14/h1-3,6-7,11,13,15H,4-5,8-10H2. The van der Waals surface area contributed by atoms with Gasteiger partial charge in [-0.05, 0) is 37.8 Å². The molecule has 2 nitrogen and oxygen atoms in total. The molecule has 0 spiro atoms. The zero-order chi connectivity index (χ0) is 11.2. The quantitative estimate of drug-likeness (QED) is 0.608. The van der Waals surface area contributed by atoms with Crippen LogP contribution in [-0.4, -0.2) is 17.8 Å². The van der Waals surface area contributed by atoms with Crippen LogP contribution in [0.15, 0.2) is 42.0 Å². The maximum atomic E-state index is 9.33. The lowest BCUT2D eigenvalue weighted by Crippen LogP contribution is -1.97. The predicted molar refractivity (Wildman–Crippen MR) is 64.5 cm³/mol. The van der Waals surface area contributed by atoms with Crippen molar-refractivity contribution in [1.29, 1.82) is 0 Å². The summed E-state index contributed by atoms with van der Waals surface area (Å²) in [5.74, 6) is 0.933. The summed E-state index contributed by atoms with van der Waals surface area (Å²) >= 11 is 0. The van der Waals surface area contributed by atoms with Gasteiger partial charge in [0.05, 0.1) is 12.7 Å². The van der Waals surface area contributed by atoms with Crippen molar-refractivity contribution in [2.45, 2.75) is 31.8 Å². The molecule has 2 heteroatoms. The van der Waals surface area contributed by atoms with Crippen molar-refractivity contribution in [2.24, 2.45) is 0 Å². The van der Waals surface area contributed by atoms with Crippen molar-refractivity contribution in [1.82, 2.24) is 0 Å². The van der Waals surface area contributed by atoms with E-state index in [4.69, 9.17) is 4.74 Å². The van der Waals surface area contributed by atoms with Crippen LogP contribution >= 0.6 is 0 Å². The molecule has 0 saturated heterocycles. The van der Waals surface area contributed by atoms with Crippen LogP contribution in [0.5, 0.6) is 5.75 Å². The Morgan fingerprint density at radius 3 is 2.75 bits per heavy atom. The number of para-hydroxylation sites is 1. The number of hydrogen-bond donors (Lipinski definition) is 1. The molecule has 16 heavy (non-hydrogen) atoms. The highest BCUT2D eigenvalue weighted by Gasteiger charge is 2.11. The Labute approximate surface area is 96.6 Å². The van der Waals surface area contributed by atoms with Crippen molar-refractivity contribution in [3.63, 3.8) is 0 Å². The van der Waals surface area contributed by atoms with Crippen LogP contribution in [0.25, 0.3) is 0 Å². The zero-order valence-electron chi connectivity index (χ0n) is 9.43. The van der Waals surface area contributed by atoms with Crippen LogP contribution in [0.2, 0.25) is 0 Å². The second-order valence-electron chi connectivity index (χ2n) is 4.20. The molecule has 0 fully saturated rings. The van der Waals surface area contributed by atoms with Gasteiger partial charge in [0.1, 0.15) is 5.75 Å². The Morgan fingerprint density at radius 2 is 2.06 bits per heavy atom. The first-order chi connectivity index (χ1) is 7.84. The molecule has 0 radical (unpaired) electrons. The van der Waals surface area contributed by atoms with E-state index in [2.05, 4.69) is 0 Å². The van der Waals surface area contributed by atoms with E-state index in [-0.39, 0.29) is 6.10 Å². The van der Waals surface area contributed by atoms with Crippen molar-refractivity contribution >= 4 is 0 Å². The normalized spacial score (nSPS) is 19.6. The van der Waals surface area contributed by atoms with Gasteiger partial charge < -0.3 is 9.84 Å². The fourth-order valence-electron chi connectivity index (χ4n) is 1.99. The molecule has 1 aromatic rings. The van der Waals surface area contributed by atoms with E-state index < -0.39 is 0 Å². The molecule has 0 aliphatic heterocycles. The third-order valence-corrected chi connectivity index (χ3v) is 2.84. The minimum Gasteiger partial charge on any atom is -0.494 e. The number of hydrogen-bond acceptors (Lipinski definition) is 2. The van der Waals surface area contributed by atoms with Gasteiger partial charge in [-0.1, -0.05) is 29.8 Å². The van der Waals surface area contributed by atoms with Crippen molar-refractivity contribution in [3.05, 3.63) is 42.0 Å². The molecule has 0 heterocycles. The van der Waals surface area contributed by atoms with Crippen molar-refractivity contribution < 1.29 is 9.84 Å². The van der Waals surface area contributed by atoms with E-state index in [9.17, 15) is 5.11 Å². The Balaban J connectivity index is 1.64. The molecular weight excluding hydrogens is 200 g/mol. The summed E-state index contributed by atoms with van der Waals surface area (Å²) in [4.78, 5) is 0. The molecule has 0 amide bonds. The predicted octanol–water partition coefficient (Wildman–Crippen LogP) is 2.93. The number of benzene rings is 1. The van der Waals surface area contributed by atoms with Gasteiger partial charge in [0.15, 0.2) is 0 Å². The molecule has 1 aliphatic carbocycles. The largest absolute Gasteiger partial charge is 0.494 e. The first kappa shape index (κ1) is 11.2. The molecule has 0 aromatic heterocycles. The molecule has 0 bridgehead atoms. The van der Waals surface area contributed by atoms with Gasteiger partial charge in [-0.15, -0.1) is 0 Å². The van der Waals surface area contributed by atoms with E-state index in [1.807, 2.05) is 36.4 Å². The highest BCUT2D eigenvalue weighted by Crippen LogP contribution is 2.22. The average Bonchev–Trinajstić information content (AvgIpc) is 2.72. The third kappa shape index (κ3) is 3.38. The summed E-state index contributed by atoms with van der Waals surface area (Å²) in [6, 6.07) is 9.88. The lowest BCUT2D eigenvalue weighted by Gasteiger charge is -2.05. The van der Waals surface area contributed by atoms with Crippen LogP contribution < -0.4 is 4.74 Å². The summed E-state index contributed by atoms with van der Waals surface area (Å²) in [6.45, 7) is 0.747. The smallest absolute Gasteiger partial charge is 0.119 e. The molecule has 2 rings (SSSR count). The maximum Gasteiger partial charge on any atom is 0.119 e. The summed E-state index contributed by atoms with van der Waals surface area (Å²) in [6.07, 6.45) is 5.80. The molecule has 1 aromatic carbocycles. The van der Waals surface area contributed by atoms with Gasteiger partial charge in [-0.3, -0.25) is 0 Å². The minimum atomic E-state index is -0.204. The summed E-state index contributed by atoms with van der Waals surface area (Å²) in [7, 11) is 0. The minimum absolute atomic E-state index is 0.204. The molecule has 1 unspecified atom stereocenters. The second kappa shape index (κ2) is 5.71. The van der Waals surface area contributed by atoms with Crippen LogP contribution in [0, 0.1) is 0 Å². The van der Waals surface area contributed by atoms with Crippen molar-refractivity contribution in [2.75, 3.05) is 6.61 Å². The maximum absolute atomic E-state index is 9.33. The monoisotopic (exact) mass is 218 g/mol. The van der Waals surface area contributed by atoms with E-state index in [0.29, 0.717) is 0 Å². The SMILES string of the molecule is OC1C=C(CCCOc2ccccc2)CC1. The number of aliphatic hydroxyl groups is 1. The lowest BCUT2D eigenvalue weighted by molar-refractivity contribution is 0.223. The van der Waals surface area contributed by atoms with E-state index in [0.717, 1.165) is 38.0 Å². The van der Waals surface area contributed by atoms with E-state index >= 15 is 0 Å². The van der Waals surface area contributed by atoms with Gasteiger partial charge in [-0.25, -0.2) is 0 Å².